The van der Waals surface area contributed by atoms with E-state index in [-0.39, 0.29) is 17.7 Å². The van der Waals surface area contributed by atoms with Gasteiger partial charge >= 0.3 is 0 Å². The molecule has 2 aromatic carbocycles. The monoisotopic (exact) mass is 397 g/mol. The number of carbonyl (C=O) groups is 1. The minimum Gasteiger partial charge on any atom is -0.382 e. The van der Waals surface area contributed by atoms with E-state index in [9.17, 15) is 4.79 Å². The van der Waals surface area contributed by atoms with Crippen LogP contribution < -0.4 is 5.32 Å². The molecule has 5 nitrogen and oxygen atoms in total. The van der Waals surface area contributed by atoms with E-state index in [0.29, 0.717) is 19.2 Å². The van der Waals surface area contributed by atoms with Crippen LogP contribution in [0.4, 0.5) is 5.95 Å². The smallest absolute Gasteiger partial charge is 0.230 e. The van der Waals surface area contributed by atoms with Gasteiger partial charge in [-0.2, -0.15) is 0 Å². The first kappa shape index (κ1) is 19.0. The summed E-state index contributed by atoms with van der Waals surface area (Å²) in [6.07, 6.45) is 1.68. The second kappa shape index (κ2) is 8.33. The molecule has 1 heterocycles. The molecule has 6 heteroatoms. The molecule has 0 aliphatic heterocycles. The topological polar surface area (TPSA) is 56.1 Å². The van der Waals surface area contributed by atoms with E-state index < -0.39 is 0 Å². The summed E-state index contributed by atoms with van der Waals surface area (Å²) in [5.41, 5.74) is 2.95. The standard InChI is InChI=1S/C22H24ClN3O2/c1-2-28-13-7-12-26-20-11-6-5-10-19(20)24-22(26)25-21(27)17-14-16(17)15-8-3-4-9-18(15)23/h3-6,8-11,16-17H,2,7,12-14H2,1H3,(H,24,25,27). The summed E-state index contributed by atoms with van der Waals surface area (Å²) in [4.78, 5) is 17.5. The number of imidazole rings is 1. The number of hydrogen-bond donors (Lipinski definition) is 1. The van der Waals surface area contributed by atoms with Crippen LogP contribution in [-0.4, -0.2) is 28.7 Å². The number of nitrogens with zero attached hydrogens (tertiary/aromatic N) is 2. The summed E-state index contributed by atoms with van der Waals surface area (Å²) in [7, 11) is 0. The summed E-state index contributed by atoms with van der Waals surface area (Å²) in [5, 5.41) is 3.78. The van der Waals surface area contributed by atoms with Crippen molar-refractivity contribution >= 4 is 34.5 Å². The molecule has 0 bridgehead atoms. The highest BCUT2D eigenvalue weighted by atomic mass is 35.5. The quantitative estimate of drug-likeness (QED) is 0.552. The van der Waals surface area contributed by atoms with Gasteiger partial charge < -0.3 is 9.30 Å². The lowest BCUT2D eigenvalue weighted by Gasteiger charge is -2.10. The number of fused-ring (bicyclic) bond motifs is 1. The Morgan fingerprint density at radius 1 is 1.25 bits per heavy atom. The molecular formula is C22H24ClN3O2. The molecule has 0 radical (unpaired) electrons. The largest absolute Gasteiger partial charge is 0.382 e. The molecule has 1 aromatic heterocycles. The zero-order valence-electron chi connectivity index (χ0n) is 15.9. The van der Waals surface area contributed by atoms with Gasteiger partial charge in [-0.25, -0.2) is 4.98 Å². The second-order valence-corrected chi connectivity index (χ2v) is 7.49. The van der Waals surface area contributed by atoms with Crippen LogP contribution in [0.5, 0.6) is 0 Å². The fourth-order valence-electron chi connectivity index (χ4n) is 3.67. The molecule has 1 aliphatic rings. The number of rotatable bonds is 8. The Morgan fingerprint density at radius 3 is 2.86 bits per heavy atom. The average Bonchev–Trinajstić information content (AvgIpc) is 3.42. The van der Waals surface area contributed by atoms with E-state index in [4.69, 9.17) is 16.3 Å². The molecule has 0 spiro atoms. The van der Waals surface area contributed by atoms with E-state index in [1.807, 2.05) is 55.5 Å². The highest BCUT2D eigenvalue weighted by Gasteiger charge is 2.45. The summed E-state index contributed by atoms with van der Waals surface area (Å²) in [5.74, 6) is 0.736. The van der Waals surface area contributed by atoms with Crippen LogP contribution in [0.15, 0.2) is 48.5 Å². The van der Waals surface area contributed by atoms with E-state index in [1.54, 1.807) is 0 Å². The maximum absolute atomic E-state index is 12.8. The summed E-state index contributed by atoms with van der Waals surface area (Å²) in [6.45, 7) is 4.13. The molecule has 28 heavy (non-hydrogen) atoms. The Kier molecular flexibility index (Phi) is 5.64. The number of aryl methyl sites for hydroxylation is 1. The van der Waals surface area contributed by atoms with E-state index >= 15 is 0 Å². The lowest BCUT2D eigenvalue weighted by Crippen LogP contribution is -2.18. The Bertz CT molecular complexity index is 985. The molecule has 3 aromatic rings. The average molecular weight is 398 g/mol. The minimum absolute atomic E-state index is 0.00582. The number of benzene rings is 2. The minimum atomic E-state index is -0.0587. The van der Waals surface area contributed by atoms with Gasteiger partial charge in [0.25, 0.3) is 0 Å². The van der Waals surface area contributed by atoms with E-state index in [0.717, 1.165) is 41.0 Å². The van der Waals surface area contributed by atoms with Crippen molar-refractivity contribution in [3.05, 3.63) is 59.1 Å². The van der Waals surface area contributed by atoms with Crippen molar-refractivity contribution in [3.8, 4) is 0 Å². The fourth-order valence-corrected chi connectivity index (χ4v) is 3.95. The van der Waals surface area contributed by atoms with Crippen molar-refractivity contribution in [2.45, 2.75) is 32.2 Å². The molecule has 1 fully saturated rings. The van der Waals surface area contributed by atoms with Crippen LogP contribution in [0.2, 0.25) is 5.02 Å². The van der Waals surface area contributed by atoms with Gasteiger partial charge in [-0.15, -0.1) is 0 Å². The van der Waals surface area contributed by atoms with Crippen LogP contribution in [0, 0.1) is 5.92 Å². The highest BCUT2D eigenvalue weighted by Crippen LogP contribution is 2.50. The van der Waals surface area contributed by atoms with Crippen molar-refractivity contribution in [2.75, 3.05) is 18.5 Å². The Balaban J connectivity index is 1.50. The lowest BCUT2D eigenvalue weighted by atomic mass is 10.1. The predicted octanol–water partition coefficient (Wildman–Crippen LogP) is 4.86. The van der Waals surface area contributed by atoms with Gasteiger partial charge in [-0.05, 0) is 49.4 Å². The number of aromatic nitrogens is 2. The molecule has 146 valence electrons. The van der Waals surface area contributed by atoms with E-state index in [2.05, 4.69) is 14.9 Å². The SMILES string of the molecule is CCOCCCn1c(NC(=O)C2CC2c2ccccc2Cl)nc2ccccc21. The molecule has 2 atom stereocenters. The Hall–Kier alpha value is -2.37. The first-order chi connectivity index (χ1) is 13.7. The van der Waals surface area contributed by atoms with Crippen LogP contribution >= 0.6 is 11.6 Å². The molecule has 1 aliphatic carbocycles. The maximum Gasteiger partial charge on any atom is 0.230 e. The number of anilines is 1. The van der Waals surface area contributed by atoms with Gasteiger partial charge in [-0.1, -0.05) is 41.9 Å². The molecule has 2 unspecified atom stereocenters. The molecular weight excluding hydrogens is 374 g/mol. The molecule has 1 saturated carbocycles. The zero-order chi connectivity index (χ0) is 19.5. The number of carbonyl (C=O) groups excluding carboxylic acids is 1. The van der Waals surface area contributed by atoms with Crippen molar-refractivity contribution in [1.29, 1.82) is 0 Å². The Morgan fingerprint density at radius 2 is 2.04 bits per heavy atom. The van der Waals surface area contributed by atoms with Gasteiger partial charge in [0.15, 0.2) is 0 Å². The first-order valence-corrected chi connectivity index (χ1v) is 10.1. The number of nitrogens with one attached hydrogen (secondary N) is 1. The number of halogens is 1. The first-order valence-electron chi connectivity index (χ1n) is 9.77. The summed E-state index contributed by atoms with van der Waals surface area (Å²) < 4.78 is 7.52. The van der Waals surface area contributed by atoms with Crippen LogP contribution in [-0.2, 0) is 16.1 Å². The summed E-state index contributed by atoms with van der Waals surface area (Å²) in [6, 6.07) is 15.7. The van der Waals surface area contributed by atoms with Crippen LogP contribution in [0.1, 0.15) is 31.2 Å². The van der Waals surface area contributed by atoms with Gasteiger partial charge in [0.2, 0.25) is 11.9 Å². The van der Waals surface area contributed by atoms with Crippen molar-refractivity contribution in [1.82, 2.24) is 9.55 Å². The zero-order valence-corrected chi connectivity index (χ0v) is 16.7. The maximum atomic E-state index is 12.8. The number of amides is 1. The summed E-state index contributed by atoms with van der Waals surface area (Å²) >= 11 is 6.29. The number of ether oxygens (including phenoxy) is 1. The van der Waals surface area contributed by atoms with Gasteiger partial charge in [0, 0.05) is 30.7 Å². The number of hydrogen-bond acceptors (Lipinski definition) is 3. The highest BCUT2D eigenvalue weighted by molar-refractivity contribution is 6.31. The molecule has 0 saturated heterocycles. The number of para-hydroxylation sites is 2. The van der Waals surface area contributed by atoms with E-state index in [1.165, 1.54) is 0 Å². The Labute approximate surface area is 169 Å². The fraction of sp³-hybridized carbons (Fsp3) is 0.364. The van der Waals surface area contributed by atoms with Gasteiger partial charge in [0.1, 0.15) is 0 Å². The van der Waals surface area contributed by atoms with Crippen molar-refractivity contribution < 1.29 is 9.53 Å². The molecule has 1 N–H and O–H groups in total. The molecule has 1 amide bonds. The van der Waals surface area contributed by atoms with Crippen LogP contribution in [0.25, 0.3) is 11.0 Å². The lowest BCUT2D eigenvalue weighted by molar-refractivity contribution is -0.117. The third-order valence-corrected chi connectivity index (χ3v) is 5.54. The second-order valence-electron chi connectivity index (χ2n) is 7.09. The van der Waals surface area contributed by atoms with Gasteiger partial charge in [0.05, 0.1) is 11.0 Å². The van der Waals surface area contributed by atoms with Crippen LogP contribution in [0.3, 0.4) is 0 Å². The van der Waals surface area contributed by atoms with Crippen molar-refractivity contribution in [2.24, 2.45) is 5.92 Å². The van der Waals surface area contributed by atoms with Crippen molar-refractivity contribution in [3.63, 3.8) is 0 Å². The van der Waals surface area contributed by atoms with Gasteiger partial charge in [-0.3, -0.25) is 10.1 Å². The predicted molar refractivity (Wildman–Crippen MR) is 112 cm³/mol. The third-order valence-electron chi connectivity index (χ3n) is 5.20. The third kappa shape index (κ3) is 3.91. The normalized spacial score (nSPS) is 18.4. The molecule has 4 rings (SSSR count).